The van der Waals surface area contributed by atoms with Crippen molar-refractivity contribution in [3.8, 4) is 0 Å². The van der Waals surface area contributed by atoms with Gasteiger partial charge in [0.25, 0.3) is 0 Å². The normalized spacial score (nSPS) is 13.6. The number of cyclic esters (lactones) is 2. The highest BCUT2D eigenvalue weighted by atomic mass is 16.6. The molecule has 0 amide bonds. The molecule has 3 nitrogen and oxygen atoms in total. The maximum atomic E-state index is 11.8. The van der Waals surface area contributed by atoms with Crippen LogP contribution in [0.25, 0.3) is 0 Å². The van der Waals surface area contributed by atoms with Crippen LogP contribution in [0.3, 0.4) is 0 Å². The molecule has 2 rings (SSSR count). The third-order valence-corrected chi connectivity index (χ3v) is 3.57. The van der Waals surface area contributed by atoms with Crippen LogP contribution in [0, 0.1) is 0 Å². The van der Waals surface area contributed by atoms with Gasteiger partial charge in [-0.3, -0.25) is 0 Å². The minimum Gasteiger partial charge on any atom is -0.386 e. The molecule has 1 aromatic carbocycles. The van der Waals surface area contributed by atoms with Gasteiger partial charge in [0.15, 0.2) is 0 Å². The Labute approximate surface area is 114 Å². The van der Waals surface area contributed by atoms with Crippen molar-refractivity contribution in [3.05, 3.63) is 34.4 Å². The number of fused-ring (bicyclic) bond motifs is 1. The molecule has 0 atom stereocenters. The van der Waals surface area contributed by atoms with Crippen LogP contribution in [-0.2, 0) is 17.6 Å². The summed E-state index contributed by atoms with van der Waals surface area (Å²) in [5, 5.41) is 0. The van der Waals surface area contributed by atoms with E-state index in [2.05, 4.69) is 13.8 Å². The minimum atomic E-state index is -0.468. The van der Waals surface area contributed by atoms with Crippen molar-refractivity contribution in [2.45, 2.75) is 52.4 Å². The Morgan fingerprint density at radius 2 is 1.26 bits per heavy atom. The maximum Gasteiger partial charge on any atom is 0.347 e. The summed E-state index contributed by atoms with van der Waals surface area (Å²) >= 11 is 0. The van der Waals surface area contributed by atoms with E-state index >= 15 is 0 Å². The van der Waals surface area contributed by atoms with Gasteiger partial charge in [0.05, 0.1) is 11.1 Å². The van der Waals surface area contributed by atoms with Gasteiger partial charge in [0.2, 0.25) is 0 Å². The molecule has 0 aromatic heterocycles. The number of benzene rings is 1. The Kier molecular flexibility index (Phi) is 4.35. The topological polar surface area (TPSA) is 43.4 Å². The largest absolute Gasteiger partial charge is 0.386 e. The van der Waals surface area contributed by atoms with Gasteiger partial charge in [0.1, 0.15) is 0 Å². The summed E-state index contributed by atoms with van der Waals surface area (Å²) in [7, 11) is 0. The number of carbonyl (C=O) groups is 2. The van der Waals surface area contributed by atoms with Crippen LogP contribution in [0.15, 0.2) is 12.1 Å². The third kappa shape index (κ3) is 2.70. The summed E-state index contributed by atoms with van der Waals surface area (Å²) in [5.41, 5.74) is 2.94. The Hall–Kier alpha value is -1.64. The van der Waals surface area contributed by atoms with Gasteiger partial charge >= 0.3 is 11.9 Å². The van der Waals surface area contributed by atoms with Gasteiger partial charge in [-0.05, 0) is 36.8 Å². The number of carbonyl (C=O) groups excluding carboxylic acids is 2. The van der Waals surface area contributed by atoms with E-state index in [1.165, 1.54) is 0 Å². The van der Waals surface area contributed by atoms with E-state index in [0.717, 1.165) is 49.7 Å². The molecule has 0 N–H and O–H groups in total. The van der Waals surface area contributed by atoms with Crippen LogP contribution >= 0.6 is 0 Å². The van der Waals surface area contributed by atoms with Crippen molar-refractivity contribution in [1.29, 1.82) is 0 Å². The number of aryl methyl sites for hydroxylation is 2. The molecular weight excluding hydrogens is 240 g/mol. The van der Waals surface area contributed by atoms with E-state index in [1.54, 1.807) is 0 Å². The quantitative estimate of drug-likeness (QED) is 0.579. The van der Waals surface area contributed by atoms with Gasteiger partial charge < -0.3 is 4.74 Å². The highest BCUT2D eigenvalue weighted by Gasteiger charge is 2.34. The standard InChI is InChI=1S/C16H20O3/c1-3-5-7-11-9-10-12(8-6-4-2)14-13(11)15(17)19-16(14)18/h9-10H,3-8H2,1-2H3. The van der Waals surface area contributed by atoms with Gasteiger partial charge in [0, 0.05) is 0 Å². The molecule has 19 heavy (non-hydrogen) atoms. The van der Waals surface area contributed by atoms with E-state index in [0.29, 0.717) is 11.1 Å². The van der Waals surface area contributed by atoms with Gasteiger partial charge in [-0.1, -0.05) is 38.8 Å². The first-order valence-electron chi connectivity index (χ1n) is 7.10. The first-order chi connectivity index (χ1) is 9.19. The lowest BCUT2D eigenvalue weighted by Gasteiger charge is -2.08. The van der Waals surface area contributed by atoms with Crippen molar-refractivity contribution < 1.29 is 14.3 Å². The summed E-state index contributed by atoms with van der Waals surface area (Å²) in [5.74, 6) is -0.936. The fourth-order valence-corrected chi connectivity index (χ4v) is 2.49. The zero-order valence-electron chi connectivity index (χ0n) is 11.6. The van der Waals surface area contributed by atoms with Crippen LogP contribution < -0.4 is 0 Å². The first-order valence-corrected chi connectivity index (χ1v) is 7.10. The lowest BCUT2D eigenvalue weighted by Crippen LogP contribution is -2.03. The van der Waals surface area contributed by atoms with Crippen molar-refractivity contribution in [1.82, 2.24) is 0 Å². The van der Waals surface area contributed by atoms with E-state index in [1.807, 2.05) is 12.1 Å². The average Bonchev–Trinajstić information content (AvgIpc) is 2.71. The fourth-order valence-electron chi connectivity index (χ4n) is 2.49. The molecule has 0 radical (unpaired) electrons. The first kappa shape index (κ1) is 13.8. The third-order valence-electron chi connectivity index (χ3n) is 3.57. The fraction of sp³-hybridized carbons (Fsp3) is 0.500. The zero-order valence-corrected chi connectivity index (χ0v) is 11.6. The second kappa shape index (κ2) is 6.00. The highest BCUT2D eigenvalue weighted by molar-refractivity contribution is 6.16. The monoisotopic (exact) mass is 260 g/mol. The summed E-state index contributed by atoms with van der Waals surface area (Å²) in [6, 6.07) is 3.97. The molecule has 1 heterocycles. The van der Waals surface area contributed by atoms with Crippen LogP contribution in [0.5, 0.6) is 0 Å². The Morgan fingerprint density at radius 3 is 1.63 bits per heavy atom. The van der Waals surface area contributed by atoms with Crippen LogP contribution in [0.1, 0.15) is 71.4 Å². The molecule has 1 aliphatic rings. The molecule has 0 spiro atoms. The van der Waals surface area contributed by atoms with Crippen molar-refractivity contribution in [2.24, 2.45) is 0 Å². The molecule has 0 saturated heterocycles. The molecule has 1 aliphatic heterocycles. The number of esters is 2. The molecule has 0 saturated carbocycles. The summed E-state index contributed by atoms with van der Waals surface area (Å²) in [6.07, 6.45) is 5.82. The van der Waals surface area contributed by atoms with Gasteiger partial charge in [-0.15, -0.1) is 0 Å². The number of hydrogen-bond acceptors (Lipinski definition) is 3. The smallest absolute Gasteiger partial charge is 0.347 e. The molecule has 0 unspecified atom stereocenters. The van der Waals surface area contributed by atoms with Crippen molar-refractivity contribution >= 4 is 11.9 Å². The van der Waals surface area contributed by atoms with Crippen molar-refractivity contribution in [3.63, 3.8) is 0 Å². The van der Waals surface area contributed by atoms with Gasteiger partial charge in [-0.2, -0.15) is 0 Å². The van der Waals surface area contributed by atoms with Crippen LogP contribution in [0.2, 0.25) is 0 Å². The van der Waals surface area contributed by atoms with Crippen LogP contribution in [-0.4, -0.2) is 11.9 Å². The Morgan fingerprint density at radius 1 is 0.842 bits per heavy atom. The Bertz CT molecular complexity index is 458. The van der Waals surface area contributed by atoms with E-state index in [9.17, 15) is 9.59 Å². The predicted octanol–water partition coefficient (Wildman–Crippen LogP) is 3.68. The molecule has 3 heteroatoms. The van der Waals surface area contributed by atoms with Crippen LogP contribution in [0.4, 0.5) is 0 Å². The number of unbranched alkanes of at least 4 members (excludes halogenated alkanes) is 2. The highest BCUT2D eigenvalue weighted by Crippen LogP contribution is 2.29. The minimum absolute atomic E-state index is 0.468. The second-order valence-electron chi connectivity index (χ2n) is 5.02. The molecular formula is C16H20O3. The maximum absolute atomic E-state index is 11.8. The summed E-state index contributed by atoms with van der Waals surface area (Å²) in [4.78, 5) is 23.7. The number of hydrogen-bond donors (Lipinski definition) is 0. The second-order valence-corrected chi connectivity index (χ2v) is 5.02. The lowest BCUT2D eigenvalue weighted by molar-refractivity contribution is 0.0443. The number of rotatable bonds is 6. The van der Waals surface area contributed by atoms with E-state index < -0.39 is 11.9 Å². The van der Waals surface area contributed by atoms with E-state index in [-0.39, 0.29) is 0 Å². The summed E-state index contributed by atoms with van der Waals surface area (Å²) < 4.78 is 4.80. The summed E-state index contributed by atoms with van der Waals surface area (Å²) in [6.45, 7) is 4.22. The van der Waals surface area contributed by atoms with Gasteiger partial charge in [-0.25, -0.2) is 9.59 Å². The predicted molar refractivity (Wildman–Crippen MR) is 73.4 cm³/mol. The Balaban J connectivity index is 2.41. The molecule has 0 fully saturated rings. The molecule has 102 valence electrons. The number of ether oxygens (including phenoxy) is 1. The SMILES string of the molecule is CCCCc1ccc(CCCC)c2c1C(=O)OC2=O. The van der Waals surface area contributed by atoms with Crippen molar-refractivity contribution in [2.75, 3.05) is 0 Å². The molecule has 1 aromatic rings. The zero-order chi connectivity index (χ0) is 13.8. The molecule has 0 aliphatic carbocycles. The molecule has 0 bridgehead atoms. The van der Waals surface area contributed by atoms with E-state index in [4.69, 9.17) is 4.74 Å². The lowest BCUT2D eigenvalue weighted by atomic mass is 9.92. The average molecular weight is 260 g/mol.